The van der Waals surface area contributed by atoms with Crippen molar-refractivity contribution in [3.8, 4) is 0 Å². The minimum atomic E-state index is -0.116. The van der Waals surface area contributed by atoms with Crippen LogP contribution in [0.5, 0.6) is 0 Å². The molecule has 0 spiro atoms. The molecule has 0 aliphatic carbocycles. The van der Waals surface area contributed by atoms with Gasteiger partial charge in [-0.05, 0) is 44.5 Å². The zero-order valence-electron chi connectivity index (χ0n) is 10.9. The molecule has 0 saturated heterocycles. The predicted octanol–water partition coefficient (Wildman–Crippen LogP) is 3.44. The molecule has 1 aromatic rings. The zero-order chi connectivity index (χ0) is 13.4. The Morgan fingerprint density at radius 3 is 2.94 bits per heavy atom. The lowest BCUT2D eigenvalue weighted by Gasteiger charge is -2.14. The summed E-state index contributed by atoms with van der Waals surface area (Å²) in [5, 5.41) is 3.39. The Kier molecular flexibility index (Phi) is 6.98. The number of hydrogen-bond acceptors (Lipinski definition) is 3. The van der Waals surface area contributed by atoms with Gasteiger partial charge in [0.25, 0.3) is 0 Å². The summed E-state index contributed by atoms with van der Waals surface area (Å²) in [6.45, 7) is 5.21. The van der Waals surface area contributed by atoms with Crippen molar-refractivity contribution in [3.63, 3.8) is 0 Å². The first-order valence-electron chi connectivity index (χ1n) is 6.28. The number of hydrogen-bond donors (Lipinski definition) is 1. The molecule has 0 unspecified atom stereocenters. The van der Waals surface area contributed by atoms with Crippen molar-refractivity contribution in [3.05, 3.63) is 34.3 Å². The molecule has 1 N–H and O–H groups in total. The number of rotatable bonds is 7. The van der Waals surface area contributed by atoms with Crippen molar-refractivity contribution < 1.29 is 9.53 Å². The minimum absolute atomic E-state index is 0.116. The maximum absolute atomic E-state index is 11.1. The number of ether oxygens (including phenoxy) is 1. The standard InChI is InChI=1S/C14H20BrNO2/c1-3-18-14(17)8-5-9-16-11(2)12-6-4-7-13(15)10-12/h4,6-7,10-11,16H,3,5,8-9H2,1-2H3/t11-/m0/s1. The van der Waals surface area contributed by atoms with Gasteiger partial charge in [0.2, 0.25) is 0 Å². The van der Waals surface area contributed by atoms with Crippen LogP contribution in [0.4, 0.5) is 0 Å². The third-order valence-electron chi connectivity index (χ3n) is 2.66. The second-order valence-electron chi connectivity index (χ2n) is 4.14. The second kappa shape index (κ2) is 8.27. The predicted molar refractivity (Wildman–Crippen MR) is 76.4 cm³/mol. The van der Waals surface area contributed by atoms with Gasteiger partial charge in [0, 0.05) is 16.9 Å². The Bertz CT molecular complexity index is 382. The highest BCUT2D eigenvalue weighted by Gasteiger charge is 2.06. The lowest BCUT2D eigenvalue weighted by Crippen LogP contribution is -2.20. The molecule has 0 heterocycles. The van der Waals surface area contributed by atoms with E-state index in [2.05, 4.69) is 40.3 Å². The van der Waals surface area contributed by atoms with Crippen LogP contribution in [0.15, 0.2) is 28.7 Å². The van der Waals surface area contributed by atoms with E-state index in [1.165, 1.54) is 5.56 Å². The van der Waals surface area contributed by atoms with Gasteiger partial charge >= 0.3 is 5.97 Å². The van der Waals surface area contributed by atoms with Gasteiger partial charge in [0.05, 0.1) is 6.61 Å². The normalized spacial score (nSPS) is 12.2. The molecule has 4 heteroatoms. The van der Waals surface area contributed by atoms with E-state index in [9.17, 15) is 4.79 Å². The van der Waals surface area contributed by atoms with Crippen molar-refractivity contribution in [1.29, 1.82) is 0 Å². The average molecular weight is 314 g/mol. The fourth-order valence-electron chi connectivity index (χ4n) is 1.68. The van der Waals surface area contributed by atoms with Crippen LogP contribution >= 0.6 is 15.9 Å². The third kappa shape index (κ3) is 5.65. The molecule has 0 aliphatic rings. The van der Waals surface area contributed by atoms with Crippen molar-refractivity contribution in [2.45, 2.75) is 32.7 Å². The van der Waals surface area contributed by atoms with E-state index in [-0.39, 0.29) is 12.0 Å². The summed E-state index contributed by atoms with van der Waals surface area (Å²) in [6.07, 6.45) is 1.28. The van der Waals surface area contributed by atoms with Crippen molar-refractivity contribution >= 4 is 21.9 Å². The van der Waals surface area contributed by atoms with E-state index in [1.807, 2.05) is 19.1 Å². The average Bonchev–Trinajstić information content (AvgIpc) is 2.35. The summed E-state index contributed by atoms with van der Waals surface area (Å²) in [7, 11) is 0. The molecule has 0 amide bonds. The van der Waals surface area contributed by atoms with Crippen LogP contribution < -0.4 is 5.32 Å². The second-order valence-corrected chi connectivity index (χ2v) is 5.06. The Hall–Kier alpha value is -0.870. The van der Waals surface area contributed by atoms with Gasteiger partial charge < -0.3 is 10.1 Å². The maximum atomic E-state index is 11.1. The molecule has 1 aromatic carbocycles. The largest absolute Gasteiger partial charge is 0.466 e. The number of halogens is 1. The molecule has 1 rings (SSSR count). The lowest BCUT2D eigenvalue weighted by molar-refractivity contribution is -0.143. The van der Waals surface area contributed by atoms with Gasteiger partial charge in [-0.25, -0.2) is 0 Å². The van der Waals surface area contributed by atoms with E-state index < -0.39 is 0 Å². The SMILES string of the molecule is CCOC(=O)CCCN[C@@H](C)c1cccc(Br)c1. The molecule has 18 heavy (non-hydrogen) atoms. The van der Waals surface area contributed by atoms with Gasteiger partial charge in [0.1, 0.15) is 0 Å². The van der Waals surface area contributed by atoms with E-state index in [1.54, 1.807) is 0 Å². The van der Waals surface area contributed by atoms with Gasteiger partial charge in [-0.2, -0.15) is 0 Å². The summed E-state index contributed by atoms with van der Waals surface area (Å²) in [5.41, 5.74) is 1.24. The summed E-state index contributed by atoms with van der Waals surface area (Å²) in [4.78, 5) is 11.1. The smallest absolute Gasteiger partial charge is 0.305 e. The van der Waals surface area contributed by atoms with Gasteiger partial charge in [-0.1, -0.05) is 28.1 Å². The molecule has 0 aliphatic heterocycles. The van der Waals surface area contributed by atoms with Crippen LogP contribution in [0.1, 0.15) is 38.3 Å². The molecule has 0 radical (unpaired) electrons. The minimum Gasteiger partial charge on any atom is -0.466 e. The van der Waals surface area contributed by atoms with Crippen molar-refractivity contribution in [1.82, 2.24) is 5.32 Å². The third-order valence-corrected chi connectivity index (χ3v) is 3.16. The fourth-order valence-corrected chi connectivity index (χ4v) is 2.10. The van der Waals surface area contributed by atoms with Crippen LogP contribution in [0, 0.1) is 0 Å². The summed E-state index contributed by atoms with van der Waals surface area (Å²) >= 11 is 3.46. The van der Waals surface area contributed by atoms with Crippen LogP contribution in [-0.2, 0) is 9.53 Å². The van der Waals surface area contributed by atoms with E-state index in [0.717, 1.165) is 17.4 Å². The van der Waals surface area contributed by atoms with Crippen molar-refractivity contribution in [2.75, 3.05) is 13.2 Å². The quantitative estimate of drug-likeness (QED) is 0.619. The van der Waals surface area contributed by atoms with E-state index in [4.69, 9.17) is 4.74 Å². The molecule has 3 nitrogen and oxygen atoms in total. The first-order valence-corrected chi connectivity index (χ1v) is 7.07. The van der Waals surface area contributed by atoms with Crippen LogP contribution in [-0.4, -0.2) is 19.1 Å². The number of carbonyl (C=O) groups is 1. The molecule has 0 bridgehead atoms. The van der Waals surface area contributed by atoms with E-state index in [0.29, 0.717) is 13.0 Å². The molecular weight excluding hydrogens is 294 g/mol. The van der Waals surface area contributed by atoms with Crippen LogP contribution in [0.2, 0.25) is 0 Å². The highest BCUT2D eigenvalue weighted by Crippen LogP contribution is 2.17. The van der Waals surface area contributed by atoms with Crippen molar-refractivity contribution in [2.24, 2.45) is 0 Å². The van der Waals surface area contributed by atoms with Gasteiger partial charge in [-0.15, -0.1) is 0 Å². The summed E-state index contributed by atoms with van der Waals surface area (Å²) in [6, 6.07) is 8.51. The maximum Gasteiger partial charge on any atom is 0.305 e. The first kappa shape index (κ1) is 15.2. The zero-order valence-corrected chi connectivity index (χ0v) is 12.5. The Morgan fingerprint density at radius 2 is 2.28 bits per heavy atom. The molecule has 0 fully saturated rings. The molecule has 100 valence electrons. The van der Waals surface area contributed by atoms with Crippen LogP contribution in [0.3, 0.4) is 0 Å². The Morgan fingerprint density at radius 1 is 1.50 bits per heavy atom. The monoisotopic (exact) mass is 313 g/mol. The number of benzene rings is 1. The van der Waals surface area contributed by atoms with Gasteiger partial charge in [-0.3, -0.25) is 4.79 Å². The lowest BCUT2D eigenvalue weighted by atomic mass is 10.1. The molecule has 0 saturated carbocycles. The molecular formula is C14H20BrNO2. The highest BCUT2D eigenvalue weighted by molar-refractivity contribution is 9.10. The topological polar surface area (TPSA) is 38.3 Å². The Labute approximate surface area is 117 Å². The Balaban J connectivity index is 2.25. The van der Waals surface area contributed by atoms with E-state index >= 15 is 0 Å². The van der Waals surface area contributed by atoms with Crippen LogP contribution in [0.25, 0.3) is 0 Å². The van der Waals surface area contributed by atoms with Gasteiger partial charge in [0.15, 0.2) is 0 Å². The highest BCUT2D eigenvalue weighted by atomic mass is 79.9. The summed E-state index contributed by atoms with van der Waals surface area (Å²) in [5.74, 6) is -0.116. The fraction of sp³-hybridized carbons (Fsp3) is 0.500. The summed E-state index contributed by atoms with van der Waals surface area (Å²) < 4.78 is 5.96. The number of nitrogens with one attached hydrogen (secondary N) is 1. The first-order chi connectivity index (χ1) is 8.63. The number of carbonyl (C=O) groups excluding carboxylic acids is 1. The number of esters is 1. The molecule has 0 aromatic heterocycles. The molecule has 1 atom stereocenters.